The highest BCUT2D eigenvalue weighted by molar-refractivity contribution is 6.00. The monoisotopic (exact) mass is 444 g/mol. The van der Waals surface area contributed by atoms with Crippen molar-refractivity contribution in [3.05, 3.63) is 94.3 Å². The molecule has 5 aromatic rings. The normalized spacial score (nSPS) is 11.2. The molecule has 164 valence electrons. The Morgan fingerprint density at radius 1 is 1.06 bits per heavy atom. The van der Waals surface area contributed by atoms with Gasteiger partial charge in [0, 0.05) is 18.9 Å². The number of nitrogens with one attached hydrogen (secondary N) is 1. The number of nitrogens with zero attached hydrogens (tertiary/aromatic N) is 5. The number of fused-ring (bicyclic) bond motifs is 3. The fourth-order valence-electron chi connectivity index (χ4n) is 3.59. The molecule has 0 aliphatic rings. The number of rotatable bonds is 5. The minimum absolute atomic E-state index is 0.0236. The van der Waals surface area contributed by atoms with Crippen LogP contribution in [0.25, 0.3) is 27.8 Å². The number of hydrogen-bond acceptors (Lipinski definition) is 6. The fraction of sp³-hybridized carbons (Fsp3) is 0.0870. The summed E-state index contributed by atoms with van der Waals surface area (Å²) in [4.78, 5) is 25.5. The van der Waals surface area contributed by atoms with Gasteiger partial charge in [-0.05, 0) is 35.9 Å². The largest absolute Gasteiger partial charge is 0.378 e. The van der Waals surface area contributed by atoms with Gasteiger partial charge in [-0.15, -0.1) is 10.2 Å². The summed E-state index contributed by atoms with van der Waals surface area (Å²) in [5, 5.41) is 12.9. The molecule has 2 aromatic carbocycles. The van der Waals surface area contributed by atoms with E-state index in [1.807, 2.05) is 0 Å². The van der Waals surface area contributed by atoms with Gasteiger partial charge in [0.2, 0.25) is 0 Å². The summed E-state index contributed by atoms with van der Waals surface area (Å²) in [6.07, 6.45) is 1.43. The van der Waals surface area contributed by atoms with Crippen molar-refractivity contribution in [2.45, 2.75) is 6.61 Å². The van der Waals surface area contributed by atoms with E-state index in [9.17, 15) is 14.0 Å². The zero-order valence-electron chi connectivity index (χ0n) is 17.4. The van der Waals surface area contributed by atoms with Crippen LogP contribution in [0, 0.1) is 5.82 Å². The molecule has 1 amide bonds. The molecule has 0 atom stereocenters. The summed E-state index contributed by atoms with van der Waals surface area (Å²) < 4.78 is 21.3. The van der Waals surface area contributed by atoms with E-state index >= 15 is 0 Å². The van der Waals surface area contributed by atoms with Crippen LogP contribution in [0.3, 0.4) is 0 Å². The Labute approximate surface area is 186 Å². The molecule has 0 saturated heterocycles. The first kappa shape index (κ1) is 20.5. The molecule has 0 fully saturated rings. The molecule has 10 heteroatoms. The van der Waals surface area contributed by atoms with Crippen molar-refractivity contribution >= 4 is 22.6 Å². The topological polar surface area (TPSA) is 103 Å². The third-order valence-corrected chi connectivity index (χ3v) is 5.12. The maximum Gasteiger partial charge on any atom is 0.299 e. The molecule has 0 aliphatic heterocycles. The minimum atomic E-state index is -0.557. The Bertz CT molecular complexity index is 1540. The zero-order chi connectivity index (χ0) is 22.9. The Balaban J connectivity index is 1.64. The maximum absolute atomic E-state index is 13.4. The number of halogens is 1. The van der Waals surface area contributed by atoms with E-state index in [0.29, 0.717) is 33.5 Å². The molecule has 9 nitrogen and oxygen atoms in total. The number of amides is 1. The quantitative estimate of drug-likeness (QED) is 0.447. The van der Waals surface area contributed by atoms with E-state index in [1.54, 1.807) is 48.5 Å². The van der Waals surface area contributed by atoms with Crippen LogP contribution in [0.4, 0.5) is 4.39 Å². The molecule has 0 radical (unpaired) electrons. The van der Waals surface area contributed by atoms with Crippen LogP contribution >= 0.6 is 0 Å². The van der Waals surface area contributed by atoms with Crippen LogP contribution in [-0.4, -0.2) is 37.5 Å². The highest BCUT2D eigenvalue weighted by atomic mass is 19.1. The summed E-state index contributed by atoms with van der Waals surface area (Å²) in [6.45, 7) is 0.182. The second-order valence-corrected chi connectivity index (χ2v) is 7.23. The third kappa shape index (κ3) is 3.62. The summed E-state index contributed by atoms with van der Waals surface area (Å²) in [5.41, 5.74) is 5.11. The van der Waals surface area contributed by atoms with Gasteiger partial charge in [0.25, 0.3) is 11.5 Å². The maximum atomic E-state index is 13.4. The second-order valence-electron chi connectivity index (χ2n) is 7.23. The molecule has 0 spiro atoms. The van der Waals surface area contributed by atoms with Crippen molar-refractivity contribution in [2.24, 2.45) is 0 Å². The fourth-order valence-corrected chi connectivity index (χ4v) is 3.59. The van der Waals surface area contributed by atoms with Gasteiger partial charge >= 0.3 is 0 Å². The van der Waals surface area contributed by atoms with Crippen molar-refractivity contribution in [3.8, 4) is 11.1 Å². The van der Waals surface area contributed by atoms with Gasteiger partial charge in [-0.1, -0.05) is 30.3 Å². The summed E-state index contributed by atoms with van der Waals surface area (Å²) in [6, 6.07) is 16.1. The van der Waals surface area contributed by atoms with Gasteiger partial charge in [0.1, 0.15) is 11.3 Å². The van der Waals surface area contributed by atoms with Crippen molar-refractivity contribution in [1.29, 1.82) is 0 Å². The highest BCUT2D eigenvalue weighted by Crippen LogP contribution is 2.29. The molecule has 1 N–H and O–H groups in total. The van der Waals surface area contributed by atoms with E-state index in [2.05, 4.69) is 20.7 Å². The van der Waals surface area contributed by atoms with Gasteiger partial charge in [-0.25, -0.2) is 13.6 Å². The van der Waals surface area contributed by atoms with Crippen LogP contribution in [-0.2, 0) is 11.3 Å². The number of pyridine rings is 1. The van der Waals surface area contributed by atoms with Gasteiger partial charge in [-0.3, -0.25) is 15.0 Å². The molecule has 3 heterocycles. The lowest BCUT2D eigenvalue weighted by atomic mass is 10.1. The van der Waals surface area contributed by atoms with Gasteiger partial charge in [0.05, 0.1) is 17.9 Å². The van der Waals surface area contributed by atoms with E-state index in [4.69, 9.17) is 4.74 Å². The van der Waals surface area contributed by atoms with Crippen molar-refractivity contribution in [3.63, 3.8) is 0 Å². The number of carbonyl (C=O) groups is 1. The highest BCUT2D eigenvalue weighted by Gasteiger charge is 2.20. The average Bonchev–Trinajstić information content (AvgIpc) is 3.20. The van der Waals surface area contributed by atoms with Crippen LogP contribution < -0.4 is 11.0 Å². The van der Waals surface area contributed by atoms with E-state index < -0.39 is 11.5 Å². The number of hydrogen-bond donors (Lipinski definition) is 1. The van der Waals surface area contributed by atoms with Crippen LogP contribution in [0.2, 0.25) is 0 Å². The van der Waals surface area contributed by atoms with Crippen LogP contribution in [0.15, 0.2) is 71.7 Å². The first-order chi connectivity index (χ1) is 16.1. The number of ether oxygens (including phenoxy) is 1. The SMILES string of the molecule is COCc1nn2c(nnc3c(=O)n(NC(=O)c4ccccc4)ccc32)c1-c1ccc(F)cc1. The van der Waals surface area contributed by atoms with E-state index in [-0.39, 0.29) is 17.9 Å². The van der Waals surface area contributed by atoms with Crippen molar-refractivity contribution in [1.82, 2.24) is 24.5 Å². The van der Waals surface area contributed by atoms with E-state index in [0.717, 1.165) is 4.68 Å². The van der Waals surface area contributed by atoms with Crippen molar-refractivity contribution in [2.75, 3.05) is 12.5 Å². The third-order valence-electron chi connectivity index (χ3n) is 5.12. The number of aromatic nitrogens is 5. The van der Waals surface area contributed by atoms with Gasteiger partial charge in [-0.2, -0.15) is 5.10 Å². The Kier molecular flexibility index (Phi) is 5.11. The minimum Gasteiger partial charge on any atom is -0.378 e. The average molecular weight is 444 g/mol. The Morgan fingerprint density at radius 2 is 1.82 bits per heavy atom. The van der Waals surface area contributed by atoms with Crippen molar-refractivity contribution < 1.29 is 13.9 Å². The second kappa shape index (κ2) is 8.24. The molecule has 33 heavy (non-hydrogen) atoms. The standard InChI is InChI=1S/C23H17FN6O3/c1-33-13-17-19(14-7-9-16(24)10-8-14)21-26-25-20-18(30(21)27-17)11-12-29(23(20)32)28-22(31)15-5-3-2-4-6-15/h2-12H,13H2,1H3,(H,28,31). The molecular formula is C23H17FN6O3. The lowest BCUT2D eigenvalue weighted by molar-refractivity contribution is 0.101. The summed E-state index contributed by atoms with van der Waals surface area (Å²) in [7, 11) is 1.54. The Hall–Kier alpha value is -4.44. The number of benzene rings is 2. The van der Waals surface area contributed by atoms with Crippen LogP contribution in [0.5, 0.6) is 0 Å². The zero-order valence-corrected chi connectivity index (χ0v) is 17.4. The van der Waals surface area contributed by atoms with E-state index in [1.165, 1.54) is 30.0 Å². The van der Waals surface area contributed by atoms with Crippen LogP contribution in [0.1, 0.15) is 16.1 Å². The molecular weight excluding hydrogens is 427 g/mol. The Morgan fingerprint density at radius 3 is 2.55 bits per heavy atom. The number of carbonyl (C=O) groups excluding carboxylic acids is 1. The molecule has 0 saturated carbocycles. The lowest BCUT2D eigenvalue weighted by Crippen LogP contribution is -2.33. The molecule has 0 bridgehead atoms. The predicted octanol–water partition coefficient (Wildman–Crippen LogP) is 2.78. The summed E-state index contributed by atoms with van der Waals surface area (Å²) >= 11 is 0. The molecule has 3 aromatic heterocycles. The lowest BCUT2D eigenvalue weighted by Gasteiger charge is -2.09. The summed E-state index contributed by atoms with van der Waals surface area (Å²) in [5.74, 6) is -0.802. The predicted molar refractivity (Wildman–Crippen MR) is 119 cm³/mol. The van der Waals surface area contributed by atoms with Gasteiger partial charge in [0.15, 0.2) is 11.2 Å². The molecule has 0 aliphatic carbocycles. The molecule has 5 rings (SSSR count). The first-order valence-corrected chi connectivity index (χ1v) is 9.98. The first-order valence-electron chi connectivity index (χ1n) is 9.98. The smallest absolute Gasteiger partial charge is 0.299 e. The van der Waals surface area contributed by atoms with Gasteiger partial charge < -0.3 is 4.74 Å². The number of methoxy groups -OCH3 is 1. The molecule has 0 unspecified atom stereocenters.